The predicted octanol–water partition coefficient (Wildman–Crippen LogP) is 1.31. The highest BCUT2D eigenvalue weighted by Gasteiger charge is 2.23. The van der Waals surface area contributed by atoms with E-state index in [2.05, 4.69) is 10.3 Å². The maximum atomic E-state index is 12.1. The molecule has 0 aliphatic heterocycles. The first-order valence-electron chi connectivity index (χ1n) is 6.67. The van der Waals surface area contributed by atoms with Crippen molar-refractivity contribution in [1.29, 1.82) is 0 Å². The van der Waals surface area contributed by atoms with Crippen molar-refractivity contribution >= 4 is 23.3 Å². The number of nitrogens with zero attached hydrogens (tertiary/aromatic N) is 3. The molecule has 0 spiro atoms. The lowest BCUT2D eigenvalue weighted by atomic mass is 10.3. The topological polar surface area (TPSA) is 86.9 Å². The number of hydrogen-bond donors (Lipinski definition) is 2. The maximum Gasteiger partial charge on any atom is 0.356 e. The molecule has 1 unspecified atom stereocenters. The van der Waals surface area contributed by atoms with Gasteiger partial charge in [0.1, 0.15) is 11.7 Å². The summed E-state index contributed by atoms with van der Waals surface area (Å²) in [6.07, 6.45) is 1.63. The van der Waals surface area contributed by atoms with Gasteiger partial charge in [0.15, 0.2) is 11.5 Å². The second kappa shape index (κ2) is 5.82. The van der Waals surface area contributed by atoms with Gasteiger partial charge in [-0.1, -0.05) is 6.07 Å². The van der Waals surface area contributed by atoms with Crippen LogP contribution in [0.1, 0.15) is 24.3 Å². The lowest BCUT2D eigenvalue weighted by molar-refractivity contribution is -0.130. The molecule has 2 aromatic rings. The van der Waals surface area contributed by atoms with E-state index in [4.69, 9.17) is 0 Å². The molecule has 2 rings (SSSR count). The van der Waals surface area contributed by atoms with Crippen LogP contribution < -0.4 is 5.32 Å². The zero-order valence-corrected chi connectivity index (χ0v) is 12.2. The number of hydrogen-bond acceptors (Lipinski definition) is 4. The number of aromatic carboxylic acids is 1. The van der Waals surface area contributed by atoms with Crippen molar-refractivity contribution in [2.24, 2.45) is 0 Å². The minimum atomic E-state index is -1.10. The number of likely N-dealkylation sites (N-methyl/N-ethyl adjacent to an activating group) is 1. The maximum absolute atomic E-state index is 12.1. The SMILES string of the molecule is CCN(C)C(=O)C(C)Nc1nc2ccccn2c1C(=O)O. The van der Waals surface area contributed by atoms with Gasteiger partial charge in [0.25, 0.3) is 0 Å². The van der Waals surface area contributed by atoms with Crippen LogP contribution in [0, 0.1) is 0 Å². The van der Waals surface area contributed by atoms with Crippen LogP contribution in [0.4, 0.5) is 5.82 Å². The highest BCUT2D eigenvalue weighted by Crippen LogP contribution is 2.18. The van der Waals surface area contributed by atoms with Gasteiger partial charge in [-0.15, -0.1) is 0 Å². The van der Waals surface area contributed by atoms with E-state index in [1.165, 1.54) is 4.40 Å². The summed E-state index contributed by atoms with van der Waals surface area (Å²) in [5.74, 6) is -1.02. The molecule has 7 nitrogen and oxygen atoms in total. The number of aromatic nitrogens is 2. The standard InChI is InChI=1S/C14H18N4O3/c1-4-17(3)13(19)9(2)15-12-11(14(20)21)18-8-6-5-7-10(18)16-12/h5-9,15H,4H2,1-3H3,(H,20,21). The highest BCUT2D eigenvalue weighted by molar-refractivity contribution is 5.94. The Morgan fingerprint density at radius 3 is 2.81 bits per heavy atom. The van der Waals surface area contributed by atoms with Crippen LogP contribution in [0.2, 0.25) is 0 Å². The van der Waals surface area contributed by atoms with Crippen molar-refractivity contribution in [2.45, 2.75) is 19.9 Å². The van der Waals surface area contributed by atoms with Gasteiger partial charge in [-0.05, 0) is 26.0 Å². The molecule has 0 fully saturated rings. The Hall–Kier alpha value is -2.57. The predicted molar refractivity (Wildman–Crippen MR) is 78.5 cm³/mol. The minimum absolute atomic E-state index is 0.0180. The number of nitrogens with one attached hydrogen (secondary N) is 1. The minimum Gasteiger partial charge on any atom is -0.476 e. The zero-order chi connectivity index (χ0) is 15.6. The number of pyridine rings is 1. The molecule has 2 heterocycles. The van der Waals surface area contributed by atoms with Gasteiger partial charge in [0, 0.05) is 19.8 Å². The fourth-order valence-electron chi connectivity index (χ4n) is 2.05. The van der Waals surface area contributed by atoms with Crippen molar-refractivity contribution in [2.75, 3.05) is 18.9 Å². The van der Waals surface area contributed by atoms with E-state index in [0.29, 0.717) is 12.2 Å². The van der Waals surface area contributed by atoms with Crippen LogP contribution in [-0.2, 0) is 4.79 Å². The third-order valence-corrected chi connectivity index (χ3v) is 3.31. The average Bonchev–Trinajstić information content (AvgIpc) is 2.83. The Bertz CT molecular complexity index is 680. The summed E-state index contributed by atoms with van der Waals surface area (Å²) in [4.78, 5) is 29.3. The van der Waals surface area contributed by atoms with E-state index < -0.39 is 12.0 Å². The van der Waals surface area contributed by atoms with Crippen molar-refractivity contribution in [1.82, 2.24) is 14.3 Å². The number of carboxylic acids is 1. The quantitative estimate of drug-likeness (QED) is 0.867. The van der Waals surface area contributed by atoms with Gasteiger partial charge in [0.05, 0.1) is 0 Å². The summed E-state index contributed by atoms with van der Waals surface area (Å²) in [5.41, 5.74) is 0.533. The van der Waals surface area contributed by atoms with Crippen LogP contribution in [-0.4, -0.2) is 50.9 Å². The molecule has 7 heteroatoms. The second-order valence-electron chi connectivity index (χ2n) is 4.76. The Morgan fingerprint density at radius 2 is 2.19 bits per heavy atom. The third-order valence-electron chi connectivity index (χ3n) is 3.31. The van der Waals surface area contributed by atoms with Crippen molar-refractivity contribution in [3.8, 4) is 0 Å². The molecule has 0 saturated heterocycles. The summed E-state index contributed by atoms with van der Waals surface area (Å²) in [7, 11) is 1.70. The number of amides is 1. The zero-order valence-electron chi connectivity index (χ0n) is 12.2. The van der Waals surface area contributed by atoms with Gasteiger partial charge in [0.2, 0.25) is 5.91 Å². The monoisotopic (exact) mass is 290 g/mol. The van der Waals surface area contributed by atoms with Crippen LogP contribution >= 0.6 is 0 Å². The number of carbonyl (C=O) groups excluding carboxylic acids is 1. The largest absolute Gasteiger partial charge is 0.476 e. The van der Waals surface area contributed by atoms with Gasteiger partial charge < -0.3 is 15.3 Å². The number of imidazole rings is 1. The molecule has 112 valence electrons. The lowest BCUT2D eigenvalue weighted by Gasteiger charge is -2.20. The van der Waals surface area contributed by atoms with E-state index in [0.717, 1.165) is 0 Å². The van der Waals surface area contributed by atoms with Crippen LogP contribution in [0.15, 0.2) is 24.4 Å². The first kappa shape index (κ1) is 14.8. The molecule has 0 aliphatic carbocycles. The smallest absolute Gasteiger partial charge is 0.356 e. The molecule has 0 aromatic carbocycles. The van der Waals surface area contributed by atoms with E-state index in [9.17, 15) is 14.7 Å². The Kier molecular flexibility index (Phi) is 4.11. The molecular formula is C14H18N4O3. The molecule has 1 amide bonds. The van der Waals surface area contributed by atoms with Gasteiger partial charge in [-0.3, -0.25) is 9.20 Å². The highest BCUT2D eigenvalue weighted by atomic mass is 16.4. The molecule has 2 aromatic heterocycles. The molecule has 2 N–H and O–H groups in total. The average molecular weight is 290 g/mol. The molecule has 0 bridgehead atoms. The normalized spacial score (nSPS) is 12.1. The summed E-state index contributed by atoms with van der Waals surface area (Å²) < 4.78 is 1.48. The van der Waals surface area contributed by atoms with E-state index in [-0.39, 0.29) is 17.4 Å². The summed E-state index contributed by atoms with van der Waals surface area (Å²) in [5, 5.41) is 12.3. The van der Waals surface area contributed by atoms with E-state index >= 15 is 0 Å². The van der Waals surface area contributed by atoms with Crippen LogP contribution in [0.25, 0.3) is 5.65 Å². The molecule has 1 atom stereocenters. The van der Waals surface area contributed by atoms with Gasteiger partial charge in [-0.2, -0.15) is 0 Å². The Labute approximate surface area is 122 Å². The number of fused-ring (bicyclic) bond motifs is 1. The molecule has 0 aliphatic rings. The summed E-state index contributed by atoms with van der Waals surface area (Å²) in [6.45, 7) is 4.14. The lowest BCUT2D eigenvalue weighted by Crippen LogP contribution is -2.39. The molecule has 21 heavy (non-hydrogen) atoms. The number of carbonyl (C=O) groups is 2. The van der Waals surface area contributed by atoms with Crippen molar-refractivity contribution in [3.05, 3.63) is 30.1 Å². The number of carboxylic acid groups (broad SMARTS) is 1. The third kappa shape index (κ3) is 2.81. The van der Waals surface area contributed by atoms with Crippen molar-refractivity contribution in [3.63, 3.8) is 0 Å². The van der Waals surface area contributed by atoms with Crippen molar-refractivity contribution < 1.29 is 14.7 Å². The van der Waals surface area contributed by atoms with E-state index in [1.54, 1.807) is 43.3 Å². The van der Waals surface area contributed by atoms with Gasteiger partial charge >= 0.3 is 5.97 Å². The van der Waals surface area contributed by atoms with Gasteiger partial charge in [-0.25, -0.2) is 9.78 Å². The number of anilines is 1. The molecule has 0 saturated carbocycles. The Balaban J connectivity index is 2.36. The first-order chi connectivity index (χ1) is 9.95. The fourth-order valence-corrected chi connectivity index (χ4v) is 2.05. The Morgan fingerprint density at radius 1 is 1.48 bits per heavy atom. The second-order valence-corrected chi connectivity index (χ2v) is 4.76. The van der Waals surface area contributed by atoms with Crippen LogP contribution in [0.5, 0.6) is 0 Å². The first-order valence-corrected chi connectivity index (χ1v) is 6.67. The van der Waals surface area contributed by atoms with E-state index in [1.807, 2.05) is 6.92 Å². The number of rotatable bonds is 5. The summed E-state index contributed by atoms with van der Waals surface area (Å²) in [6, 6.07) is 4.65. The summed E-state index contributed by atoms with van der Waals surface area (Å²) >= 11 is 0. The van der Waals surface area contributed by atoms with Crippen LogP contribution in [0.3, 0.4) is 0 Å². The molecular weight excluding hydrogens is 272 g/mol. The fraction of sp³-hybridized carbons (Fsp3) is 0.357. The molecule has 0 radical (unpaired) electrons.